The summed E-state index contributed by atoms with van der Waals surface area (Å²) in [6.45, 7) is 4.06. The van der Waals surface area contributed by atoms with E-state index in [4.69, 9.17) is 14.7 Å². The molecule has 0 aromatic carbocycles. The van der Waals surface area contributed by atoms with Gasteiger partial charge in [0.1, 0.15) is 11.8 Å². The molecule has 0 aromatic rings. The number of nitriles is 1. The first-order chi connectivity index (χ1) is 8.06. The molecule has 0 radical (unpaired) electrons. The average Bonchev–Trinajstić information content (AvgIpc) is 2.27. The summed E-state index contributed by atoms with van der Waals surface area (Å²) < 4.78 is 10.0. The van der Waals surface area contributed by atoms with Gasteiger partial charge in [0.25, 0.3) is 0 Å². The van der Waals surface area contributed by atoms with Gasteiger partial charge in [-0.25, -0.2) is 4.79 Å². The highest BCUT2D eigenvalue weighted by Crippen LogP contribution is 2.10. The lowest BCUT2D eigenvalue weighted by Gasteiger charge is -2.09. The molecule has 5 nitrogen and oxygen atoms in total. The molecule has 0 aliphatic carbocycles. The number of ether oxygens (including phenoxy) is 2. The van der Waals surface area contributed by atoms with E-state index in [2.05, 4.69) is 0 Å². The minimum absolute atomic E-state index is 0.119. The van der Waals surface area contributed by atoms with Crippen molar-refractivity contribution < 1.29 is 14.3 Å². The van der Waals surface area contributed by atoms with Crippen LogP contribution >= 0.6 is 0 Å². The van der Waals surface area contributed by atoms with Crippen LogP contribution in [-0.4, -0.2) is 38.2 Å². The van der Waals surface area contributed by atoms with Gasteiger partial charge in [0.15, 0.2) is 5.57 Å². The molecule has 0 aliphatic heterocycles. The molecule has 0 aromatic heterocycles. The highest BCUT2D eigenvalue weighted by molar-refractivity contribution is 5.93. The van der Waals surface area contributed by atoms with Crippen LogP contribution in [0.15, 0.2) is 23.6 Å². The Morgan fingerprint density at radius 1 is 1.29 bits per heavy atom. The van der Waals surface area contributed by atoms with Crippen LogP contribution in [0, 0.1) is 11.3 Å². The number of nitrogens with zero attached hydrogens (tertiary/aromatic N) is 2. The van der Waals surface area contributed by atoms with Gasteiger partial charge in [-0.2, -0.15) is 5.26 Å². The van der Waals surface area contributed by atoms with E-state index >= 15 is 0 Å². The van der Waals surface area contributed by atoms with Gasteiger partial charge in [0.2, 0.25) is 0 Å². The topological polar surface area (TPSA) is 62.6 Å². The molecule has 0 saturated carbocycles. The van der Waals surface area contributed by atoms with Crippen LogP contribution in [0.2, 0.25) is 0 Å². The van der Waals surface area contributed by atoms with E-state index in [0.717, 1.165) is 0 Å². The summed E-state index contributed by atoms with van der Waals surface area (Å²) >= 11 is 0. The average molecular weight is 238 g/mol. The number of hydrogen-bond donors (Lipinski definition) is 0. The summed E-state index contributed by atoms with van der Waals surface area (Å²) in [6, 6.07) is 1.81. The van der Waals surface area contributed by atoms with Gasteiger partial charge >= 0.3 is 5.97 Å². The van der Waals surface area contributed by atoms with Gasteiger partial charge in [-0.15, -0.1) is 0 Å². The van der Waals surface area contributed by atoms with Crippen molar-refractivity contribution in [2.45, 2.75) is 13.8 Å². The zero-order valence-electron chi connectivity index (χ0n) is 10.7. The first-order valence-electron chi connectivity index (χ1n) is 5.35. The molecule has 5 heteroatoms. The molecule has 0 bridgehead atoms. The Bertz CT molecular complexity index is 351. The van der Waals surface area contributed by atoms with Crippen LogP contribution in [0.1, 0.15) is 13.8 Å². The maximum atomic E-state index is 11.5. The van der Waals surface area contributed by atoms with E-state index in [1.54, 1.807) is 37.1 Å². The van der Waals surface area contributed by atoms with E-state index in [9.17, 15) is 4.79 Å². The van der Waals surface area contributed by atoms with Crippen molar-refractivity contribution in [2.24, 2.45) is 0 Å². The Hall–Kier alpha value is -1.96. The Morgan fingerprint density at radius 2 is 1.88 bits per heavy atom. The first-order valence-corrected chi connectivity index (χ1v) is 5.35. The number of carbonyl (C=O) groups is 1. The highest BCUT2D eigenvalue weighted by atomic mass is 16.5. The molecule has 94 valence electrons. The van der Waals surface area contributed by atoms with Gasteiger partial charge in [0, 0.05) is 20.3 Å². The summed E-state index contributed by atoms with van der Waals surface area (Å²) in [5, 5.41) is 8.95. The molecule has 0 aliphatic rings. The quantitative estimate of drug-likeness (QED) is 0.230. The molecular formula is C12H18N2O3. The van der Waals surface area contributed by atoms with Crippen LogP contribution in [0.25, 0.3) is 0 Å². The van der Waals surface area contributed by atoms with Crippen LogP contribution in [0.4, 0.5) is 0 Å². The fourth-order valence-electron chi connectivity index (χ4n) is 0.980. The van der Waals surface area contributed by atoms with Crippen molar-refractivity contribution in [3.05, 3.63) is 23.6 Å². The second kappa shape index (κ2) is 8.22. The standard InChI is InChI=1S/C12H18N2O3/c1-5-16-11(7-8-14(3)4)10(9-13)12(15)17-6-2/h7-8H,5-6H2,1-4H3/b8-7+,11-10?. The van der Waals surface area contributed by atoms with E-state index in [1.807, 2.05) is 14.1 Å². The van der Waals surface area contributed by atoms with Crippen molar-refractivity contribution in [3.8, 4) is 6.07 Å². The summed E-state index contributed by atoms with van der Waals surface area (Å²) in [7, 11) is 3.66. The lowest BCUT2D eigenvalue weighted by atomic mass is 10.2. The van der Waals surface area contributed by atoms with E-state index in [0.29, 0.717) is 6.61 Å². The molecule has 0 rings (SSSR count). The highest BCUT2D eigenvalue weighted by Gasteiger charge is 2.16. The van der Waals surface area contributed by atoms with Crippen LogP contribution in [0.3, 0.4) is 0 Å². The summed E-state index contributed by atoms with van der Waals surface area (Å²) in [4.78, 5) is 13.3. The predicted molar refractivity (Wildman–Crippen MR) is 63.7 cm³/mol. The SMILES string of the molecule is CCOC(=O)C(C#N)=C(/C=C/N(C)C)OCC. The molecule has 0 heterocycles. The third-order valence-electron chi connectivity index (χ3n) is 1.66. The van der Waals surface area contributed by atoms with Crippen LogP contribution < -0.4 is 0 Å². The molecular weight excluding hydrogens is 220 g/mol. The van der Waals surface area contributed by atoms with Crippen molar-refractivity contribution in [1.29, 1.82) is 5.26 Å². The van der Waals surface area contributed by atoms with Gasteiger partial charge in [-0.05, 0) is 19.9 Å². The Morgan fingerprint density at radius 3 is 2.29 bits per heavy atom. The minimum atomic E-state index is -0.665. The maximum Gasteiger partial charge on any atom is 0.352 e. The van der Waals surface area contributed by atoms with Gasteiger partial charge < -0.3 is 14.4 Å². The summed E-state index contributed by atoms with van der Waals surface area (Å²) in [5.41, 5.74) is -0.119. The molecule has 0 N–H and O–H groups in total. The van der Waals surface area contributed by atoms with Gasteiger partial charge in [-0.3, -0.25) is 0 Å². The molecule has 0 saturated heterocycles. The lowest BCUT2D eigenvalue weighted by Crippen LogP contribution is -2.10. The number of carbonyl (C=O) groups excluding carboxylic acids is 1. The Labute approximate surface area is 102 Å². The van der Waals surface area contributed by atoms with Crippen LogP contribution in [-0.2, 0) is 14.3 Å². The molecule has 0 amide bonds. The molecule has 17 heavy (non-hydrogen) atoms. The van der Waals surface area contributed by atoms with Gasteiger partial charge in [-0.1, -0.05) is 0 Å². The zero-order chi connectivity index (χ0) is 13.3. The fourth-order valence-corrected chi connectivity index (χ4v) is 0.980. The second-order valence-corrected chi connectivity index (χ2v) is 3.28. The fraction of sp³-hybridized carbons (Fsp3) is 0.500. The van der Waals surface area contributed by atoms with E-state index in [-0.39, 0.29) is 17.9 Å². The molecule has 0 spiro atoms. The van der Waals surface area contributed by atoms with Crippen molar-refractivity contribution in [1.82, 2.24) is 4.90 Å². The minimum Gasteiger partial charge on any atom is -0.492 e. The van der Waals surface area contributed by atoms with Crippen molar-refractivity contribution >= 4 is 5.97 Å². The van der Waals surface area contributed by atoms with Crippen LogP contribution in [0.5, 0.6) is 0 Å². The zero-order valence-corrected chi connectivity index (χ0v) is 10.7. The summed E-state index contributed by atoms with van der Waals surface area (Å²) in [6.07, 6.45) is 3.26. The lowest BCUT2D eigenvalue weighted by molar-refractivity contribution is -0.138. The third kappa shape index (κ3) is 5.61. The molecule has 0 fully saturated rings. The predicted octanol–water partition coefficient (Wildman–Crippen LogP) is 1.44. The number of hydrogen-bond acceptors (Lipinski definition) is 5. The van der Waals surface area contributed by atoms with Crippen molar-refractivity contribution in [3.63, 3.8) is 0 Å². The largest absolute Gasteiger partial charge is 0.492 e. The Kier molecular flexibility index (Phi) is 7.27. The first kappa shape index (κ1) is 15.0. The Balaban J connectivity index is 5.17. The third-order valence-corrected chi connectivity index (χ3v) is 1.66. The van der Waals surface area contributed by atoms with E-state index in [1.165, 1.54) is 0 Å². The summed E-state index contributed by atoms with van der Waals surface area (Å²) in [5.74, 6) is -0.441. The van der Waals surface area contributed by atoms with E-state index < -0.39 is 5.97 Å². The van der Waals surface area contributed by atoms with Gasteiger partial charge in [0.05, 0.1) is 13.2 Å². The van der Waals surface area contributed by atoms with Crippen molar-refractivity contribution in [2.75, 3.05) is 27.3 Å². The second-order valence-electron chi connectivity index (χ2n) is 3.28. The normalized spacial score (nSPS) is 11.7. The number of esters is 1. The maximum absolute atomic E-state index is 11.5. The number of rotatable bonds is 6. The molecule has 0 atom stereocenters. The smallest absolute Gasteiger partial charge is 0.352 e. The monoisotopic (exact) mass is 238 g/mol. The molecule has 0 unspecified atom stereocenters. The number of allylic oxidation sites excluding steroid dienone is 1.